The number of aromatic amines is 1. The Morgan fingerprint density at radius 3 is 2.81 bits per heavy atom. The monoisotopic (exact) mass is 477 g/mol. The summed E-state index contributed by atoms with van der Waals surface area (Å²) in [6.07, 6.45) is 1.81. The lowest BCUT2D eigenvalue weighted by Crippen LogP contribution is -2.14. The molecule has 2 rings (SSSR count). The SMILES string of the molecule is COc1cc(Br)c(-c2nc(SC)[nH]c(=O)c2C#N)cc1I. The molecule has 1 aromatic heterocycles. The number of H-pyrrole nitrogens is 1. The highest BCUT2D eigenvalue weighted by Crippen LogP contribution is 2.35. The second-order valence-corrected chi connectivity index (χ2v) is 6.69. The molecule has 8 heteroatoms. The molecule has 0 aliphatic rings. The third-order valence-corrected chi connectivity index (χ3v) is 4.78. The standard InChI is InChI=1S/C13H9BrIN3O2S/c1-20-10-4-8(14)6(3-9(10)15)11-7(5-16)12(19)18-13(17-11)21-2/h3-4H,1-2H3,(H,17,18,19). The van der Waals surface area contributed by atoms with Gasteiger partial charge in [0.15, 0.2) is 5.16 Å². The minimum absolute atomic E-state index is 0.00512. The van der Waals surface area contributed by atoms with Crippen LogP contribution in [0.2, 0.25) is 0 Å². The van der Waals surface area contributed by atoms with E-state index in [-0.39, 0.29) is 5.56 Å². The zero-order valence-electron chi connectivity index (χ0n) is 11.0. The minimum atomic E-state index is -0.440. The third-order valence-electron chi connectivity index (χ3n) is 2.70. The summed E-state index contributed by atoms with van der Waals surface area (Å²) in [6, 6.07) is 5.54. The molecule has 0 saturated carbocycles. The Labute approximate surface area is 147 Å². The average Bonchev–Trinajstić information content (AvgIpc) is 2.48. The van der Waals surface area contributed by atoms with Gasteiger partial charge in [-0.3, -0.25) is 4.79 Å². The highest BCUT2D eigenvalue weighted by Gasteiger charge is 2.17. The molecule has 0 amide bonds. The Hall–Kier alpha value is -1.05. The summed E-state index contributed by atoms with van der Waals surface area (Å²) in [5, 5.41) is 9.69. The summed E-state index contributed by atoms with van der Waals surface area (Å²) in [5.41, 5.74) is 0.593. The highest BCUT2D eigenvalue weighted by atomic mass is 127. The molecule has 0 radical (unpaired) electrons. The first-order valence-electron chi connectivity index (χ1n) is 5.63. The molecule has 108 valence electrons. The van der Waals surface area contributed by atoms with Crippen LogP contribution in [-0.2, 0) is 0 Å². The summed E-state index contributed by atoms with van der Waals surface area (Å²) >= 11 is 6.88. The molecule has 1 heterocycles. The quantitative estimate of drug-likeness (QED) is 0.416. The van der Waals surface area contributed by atoms with Crippen molar-refractivity contribution in [2.24, 2.45) is 0 Å². The molecule has 0 aliphatic carbocycles. The van der Waals surface area contributed by atoms with Crippen LogP contribution in [0.1, 0.15) is 5.56 Å². The molecular formula is C13H9BrIN3O2S. The molecule has 0 atom stereocenters. The highest BCUT2D eigenvalue weighted by molar-refractivity contribution is 14.1. The number of nitrogens with one attached hydrogen (secondary N) is 1. The molecule has 0 bridgehead atoms. The van der Waals surface area contributed by atoms with Crippen LogP contribution in [0.4, 0.5) is 0 Å². The fourth-order valence-electron chi connectivity index (χ4n) is 1.71. The van der Waals surface area contributed by atoms with Crippen LogP contribution in [0.5, 0.6) is 5.75 Å². The van der Waals surface area contributed by atoms with E-state index in [1.165, 1.54) is 11.8 Å². The van der Waals surface area contributed by atoms with Crippen LogP contribution in [-0.4, -0.2) is 23.3 Å². The Morgan fingerprint density at radius 2 is 2.24 bits per heavy atom. The van der Waals surface area contributed by atoms with Gasteiger partial charge in [-0.15, -0.1) is 0 Å². The van der Waals surface area contributed by atoms with Crippen molar-refractivity contribution in [1.82, 2.24) is 9.97 Å². The summed E-state index contributed by atoms with van der Waals surface area (Å²) in [5.74, 6) is 0.708. The van der Waals surface area contributed by atoms with E-state index in [1.807, 2.05) is 12.1 Å². The van der Waals surface area contributed by atoms with Gasteiger partial charge in [-0.1, -0.05) is 11.8 Å². The van der Waals surface area contributed by atoms with E-state index in [0.29, 0.717) is 26.6 Å². The van der Waals surface area contributed by atoms with Gasteiger partial charge in [-0.2, -0.15) is 5.26 Å². The van der Waals surface area contributed by atoms with Crippen LogP contribution in [0.25, 0.3) is 11.3 Å². The van der Waals surface area contributed by atoms with E-state index in [1.54, 1.807) is 19.4 Å². The smallest absolute Gasteiger partial charge is 0.270 e. The number of ether oxygens (including phenoxy) is 1. The van der Waals surface area contributed by atoms with Gasteiger partial charge in [-0.05, 0) is 56.9 Å². The summed E-state index contributed by atoms with van der Waals surface area (Å²) < 4.78 is 6.82. The number of hydrogen-bond acceptors (Lipinski definition) is 5. The van der Waals surface area contributed by atoms with Gasteiger partial charge in [0.1, 0.15) is 17.4 Å². The van der Waals surface area contributed by atoms with Gasteiger partial charge < -0.3 is 9.72 Å². The molecule has 0 saturated heterocycles. The van der Waals surface area contributed by atoms with Gasteiger partial charge >= 0.3 is 0 Å². The van der Waals surface area contributed by atoms with E-state index < -0.39 is 5.56 Å². The van der Waals surface area contributed by atoms with Gasteiger partial charge in [0, 0.05) is 10.0 Å². The number of methoxy groups -OCH3 is 1. The molecule has 1 aromatic carbocycles. The lowest BCUT2D eigenvalue weighted by Gasteiger charge is -2.10. The van der Waals surface area contributed by atoms with Crippen molar-refractivity contribution in [1.29, 1.82) is 5.26 Å². The fourth-order valence-corrected chi connectivity index (χ4v) is 3.29. The average molecular weight is 478 g/mol. The van der Waals surface area contributed by atoms with E-state index in [0.717, 1.165) is 3.57 Å². The minimum Gasteiger partial charge on any atom is -0.496 e. The topological polar surface area (TPSA) is 78.8 Å². The molecule has 2 aromatic rings. The molecule has 1 N–H and O–H groups in total. The molecule has 0 unspecified atom stereocenters. The van der Waals surface area contributed by atoms with Crippen molar-refractivity contribution in [3.8, 4) is 23.1 Å². The fraction of sp³-hybridized carbons (Fsp3) is 0.154. The number of benzene rings is 1. The van der Waals surface area contributed by atoms with Crippen molar-refractivity contribution in [2.45, 2.75) is 5.16 Å². The van der Waals surface area contributed by atoms with Crippen LogP contribution in [0.3, 0.4) is 0 Å². The first kappa shape index (κ1) is 16.3. The van der Waals surface area contributed by atoms with E-state index in [9.17, 15) is 10.1 Å². The van der Waals surface area contributed by atoms with Crippen molar-refractivity contribution >= 4 is 50.3 Å². The number of nitriles is 1. The van der Waals surface area contributed by atoms with Crippen molar-refractivity contribution < 1.29 is 4.74 Å². The maximum atomic E-state index is 12.0. The Balaban J connectivity index is 2.78. The largest absolute Gasteiger partial charge is 0.496 e. The summed E-state index contributed by atoms with van der Waals surface area (Å²) in [6.45, 7) is 0. The molecule has 21 heavy (non-hydrogen) atoms. The second kappa shape index (κ2) is 6.81. The van der Waals surface area contributed by atoms with E-state index in [4.69, 9.17) is 4.74 Å². The van der Waals surface area contributed by atoms with Crippen molar-refractivity contribution in [3.63, 3.8) is 0 Å². The second-order valence-electron chi connectivity index (χ2n) is 3.88. The van der Waals surface area contributed by atoms with Crippen LogP contribution in [0, 0.1) is 14.9 Å². The van der Waals surface area contributed by atoms with E-state index in [2.05, 4.69) is 48.5 Å². The van der Waals surface area contributed by atoms with Crippen molar-refractivity contribution in [3.05, 3.63) is 36.1 Å². The molecule has 5 nitrogen and oxygen atoms in total. The van der Waals surface area contributed by atoms with Gasteiger partial charge in [0.2, 0.25) is 0 Å². The number of rotatable bonds is 3. The first-order valence-corrected chi connectivity index (χ1v) is 8.73. The first-order chi connectivity index (χ1) is 10.0. The van der Waals surface area contributed by atoms with Crippen molar-refractivity contribution in [2.75, 3.05) is 13.4 Å². The Kier molecular flexibility index (Phi) is 5.29. The van der Waals surface area contributed by atoms with E-state index >= 15 is 0 Å². The number of thioether (sulfide) groups is 1. The molecule has 0 spiro atoms. The van der Waals surface area contributed by atoms with Crippen LogP contribution >= 0.6 is 50.3 Å². The third kappa shape index (κ3) is 3.25. The zero-order valence-corrected chi connectivity index (χ0v) is 15.6. The number of halogens is 2. The normalized spacial score (nSPS) is 10.2. The zero-order chi connectivity index (χ0) is 15.6. The number of hydrogen-bond donors (Lipinski definition) is 1. The molecule has 0 fully saturated rings. The predicted molar refractivity (Wildman–Crippen MR) is 93.8 cm³/mol. The number of nitrogens with zero attached hydrogens (tertiary/aromatic N) is 2. The molecular weight excluding hydrogens is 469 g/mol. The Morgan fingerprint density at radius 1 is 1.52 bits per heavy atom. The van der Waals surface area contributed by atoms with Gasteiger partial charge in [0.25, 0.3) is 5.56 Å². The van der Waals surface area contributed by atoms with Crippen LogP contribution in [0.15, 0.2) is 26.6 Å². The molecule has 0 aliphatic heterocycles. The van der Waals surface area contributed by atoms with Gasteiger partial charge in [0.05, 0.1) is 16.4 Å². The van der Waals surface area contributed by atoms with Gasteiger partial charge in [-0.25, -0.2) is 4.98 Å². The Bertz CT molecular complexity index is 801. The predicted octanol–water partition coefficient (Wildman–Crippen LogP) is 3.41. The number of aromatic nitrogens is 2. The summed E-state index contributed by atoms with van der Waals surface area (Å²) in [4.78, 5) is 18.9. The lowest BCUT2D eigenvalue weighted by molar-refractivity contribution is 0.411. The maximum Gasteiger partial charge on any atom is 0.270 e. The lowest BCUT2D eigenvalue weighted by atomic mass is 10.1. The maximum absolute atomic E-state index is 12.0. The van der Waals surface area contributed by atoms with Crippen LogP contribution < -0.4 is 10.3 Å². The summed E-state index contributed by atoms with van der Waals surface area (Å²) in [7, 11) is 1.58.